The third-order valence-electron chi connectivity index (χ3n) is 3.06. The Morgan fingerprint density at radius 3 is 2.94 bits per heavy atom. The van der Waals surface area contributed by atoms with Crippen molar-refractivity contribution in [2.75, 3.05) is 26.3 Å². The first-order valence-corrected chi connectivity index (χ1v) is 6.12. The molecule has 1 unspecified atom stereocenters. The molecule has 1 N–H and O–H groups in total. The number of halogens is 1. The van der Waals surface area contributed by atoms with Gasteiger partial charge in [0.15, 0.2) is 0 Å². The van der Waals surface area contributed by atoms with Gasteiger partial charge in [-0.2, -0.15) is 5.10 Å². The SMILES string of the molecule is Cc1nn(C)c(CN2CCOC(CO)C2)c1Cl. The molecule has 2 heterocycles. The summed E-state index contributed by atoms with van der Waals surface area (Å²) in [5.74, 6) is 0. The monoisotopic (exact) mass is 259 g/mol. The molecule has 0 amide bonds. The summed E-state index contributed by atoms with van der Waals surface area (Å²) >= 11 is 6.21. The van der Waals surface area contributed by atoms with Crippen molar-refractivity contribution < 1.29 is 9.84 Å². The van der Waals surface area contributed by atoms with Crippen LogP contribution in [0.5, 0.6) is 0 Å². The van der Waals surface area contributed by atoms with Crippen molar-refractivity contribution in [1.82, 2.24) is 14.7 Å². The predicted molar refractivity (Wildman–Crippen MR) is 65.1 cm³/mol. The van der Waals surface area contributed by atoms with Crippen molar-refractivity contribution in [2.45, 2.75) is 19.6 Å². The average Bonchev–Trinajstić information content (AvgIpc) is 2.56. The van der Waals surface area contributed by atoms with Gasteiger partial charge in [0, 0.05) is 26.7 Å². The summed E-state index contributed by atoms with van der Waals surface area (Å²) in [7, 11) is 1.90. The zero-order chi connectivity index (χ0) is 12.4. The second-order valence-electron chi connectivity index (χ2n) is 4.38. The van der Waals surface area contributed by atoms with E-state index in [0.717, 1.165) is 36.0 Å². The van der Waals surface area contributed by atoms with Crippen LogP contribution in [0.4, 0.5) is 0 Å². The third kappa shape index (κ3) is 2.80. The number of ether oxygens (including phenoxy) is 1. The lowest BCUT2D eigenvalue weighted by molar-refractivity contribution is -0.0556. The topological polar surface area (TPSA) is 50.5 Å². The van der Waals surface area contributed by atoms with E-state index in [9.17, 15) is 0 Å². The van der Waals surface area contributed by atoms with Crippen LogP contribution in [0.2, 0.25) is 5.02 Å². The summed E-state index contributed by atoms with van der Waals surface area (Å²) in [6.07, 6.45) is -0.0863. The molecular weight excluding hydrogens is 242 g/mol. The highest BCUT2D eigenvalue weighted by Crippen LogP contribution is 2.21. The van der Waals surface area contributed by atoms with Gasteiger partial charge in [-0.25, -0.2) is 0 Å². The number of rotatable bonds is 3. The van der Waals surface area contributed by atoms with E-state index in [1.807, 2.05) is 18.7 Å². The van der Waals surface area contributed by atoms with E-state index in [-0.39, 0.29) is 12.7 Å². The molecule has 2 rings (SSSR count). The highest BCUT2D eigenvalue weighted by molar-refractivity contribution is 6.31. The Morgan fingerprint density at radius 1 is 1.59 bits per heavy atom. The number of nitrogens with zero attached hydrogens (tertiary/aromatic N) is 3. The van der Waals surface area contributed by atoms with Crippen LogP contribution in [0.25, 0.3) is 0 Å². The summed E-state index contributed by atoms with van der Waals surface area (Å²) in [4.78, 5) is 2.23. The molecule has 1 saturated heterocycles. The van der Waals surface area contributed by atoms with E-state index < -0.39 is 0 Å². The molecule has 0 aliphatic carbocycles. The van der Waals surface area contributed by atoms with Crippen LogP contribution in [-0.4, -0.2) is 52.2 Å². The molecule has 1 aromatic heterocycles. The molecule has 1 aromatic rings. The van der Waals surface area contributed by atoms with Crippen LogP contribution in [-0.2, 0) is 18.3 Å². The maximum Gasteiger partial charge on any atom is 0.0933 e. The van der Waals surface area contributed by atoms with E-state index in [2.05, 4.69) is 10.00 Å². The second kappa shape index (κ2) is 5.35. The largest absolute Gasteiger partial charge is 0.394 e. The first-order valence-electron chi connectivity index (χ1n) is 5.74. The van der Waals surface area contributed by atoms with Gasteiger partial charge in [-0.3, -0.25) is 9.58 Å². The third-order valence-corrected chi connectivity index (χ3v) is 3.55. The maximum atomic E-state index is 9.09. The molecule has 0 saturated carbocycles. The fourth-order valence-electron chi connectivity index (χ4n) is 2.10. The fraction of sp³-hybridized carbons (Fsp3) is 0.727. The van der Waals surface area contributed by atoms with Crippen LogP contribution < -0.4 is 0 Å². The van der Waals surface area contributed by atoms with Gasteiger partial charge in [0.25, 0.3) is 0 Å². The predicted octanol–water partition coefficient (Wildman–Crippen LogP) is 0.575. The van der Waals surface area contributed by atoms with E-state index in [4.69, 9.17) is 21.4 Å². The van der Waals surface area contributed by atoms with E-state index >= 15 is 0 Å². The molecule has 17 heavy (non-hydrogen) atoms. The molecule has 1 aliphatic rings. The minimum absolute atomic E-state index is 0.0641. The Labute approximate surface area is 106 Å². The van der Waals surface area contributed by atoms with Gasteiger partial charge in [-0.1, -0.05) is 11.6 Å². The smallest absolute Gasteiger partial charge is 0.0933 e. The summed E-state index contributed by atoms with van der Waals surface area (Å²) in [5, 5.41) is 14.1. The first kappa shape index (κ1) is 12.8. The molecule has 5 nitrogen and oxygen atoms in total. The van der Waals surface area contributed by atoms with Crippen molar-refractivity contribution in [1.29, 1.82) is 0 Å². The zero-order valence-electron chi connectivity index (χ0n) is 10.2. The van der Waals surface area contributed by atoms with E-state index in [1.54, 1.807) is 0 Å². The fourth-order valence-corrected chi connectivity index (χ4v) is 2.32. The molecule has 0 aromatic carbocycles. The molecule has 1 fully saturated rings. The Morgan fingerprint density at radius 2 is 2.35 bits per heavy atom. The molecule has 1 atom stereocenters. The quantitative estimate of drug-likeness (QED) is 0.863. The Balaban J connectivity index is 2.05. The highest BCUT2D eigenvalue weighted by atomic mass is 35.5. The molecule has 6 heteroatoms. The summed E-state index contributed by atoms with van der Waals surface area (Å²) in [6.45, 7) is 4.96. The lowest BCUT2D eigenvalue weighted by Crippen LogP contribution is -2.43. The van der Waals surface area contributed by atoms with Crippen LogP contribution in [0, 0.1) is 6.92 Å². The van der Waals surface area contributed by atoms with Crippen LogP contribution in [0.3, 0.4) is 0 Å². The first-order chi connectivity index (χ1) is 8.11. The molecule has 1 aliphatic heterocycles. The highest BCUT2D eigenvalue weighted by Gasteiger charge is 2.22. The number of aliphatic hydroxyl groups excluding tert-OH is 1. The molecule has 96 valence electrons. The van der Waals surface area contributed by atoms with Crippen molar-refractivity contribution in [3.05, 3.63) is 16.4 Å². The van der Waals surface area contributed by atoms with Crippen LogP contribution in [0.15, 0.2) is 0 Å². The van der Waals surface area contributed by atoms with Crippen molar-refractivity contribution in [3.63, 3.8) is 0 Å². The number of aliphatic hydroxyl groups is 1. The van der Waals surface area contributed by atoms with E-state index in [0.29, 0.717) is 6.61 Å². The van der Waals surface area contributed by atoms with Gasteiger partial charge in [0.05, 0.1) is 35.7 Å². The summed E-state index contributed by atoms with van der Waals surface area (Å²) in [5.41, 5.74) is 1.87. The van der Waals surface area contributed by atoms with Crippen molar-refractivity contribution in [2.24, 2.45) is 7.05 Å². The molecule has 0 bridgehead atoms. The van der Waals surface area contributed by atoms with Gasteiger partial charge < -0.3 is 9.84 Å². The van der Waals surface area contributed by atoms with E-state index in [1.165, 1.54) is 0 Å². The lowest BCUT2D eigenvalue weighted by Gasteiger charge is -2.31. The molecule has 0 spiro atoms. The van der Waals surface area contributed by atoms with Crippen LogP contribution in [0.1, 0.15) is 11.4 Å². The van der Waals surface area contributed by atoms with Crippen molar-refractivity contribution >= 4 is 11.6 Å². The normalized spacial score (nSPS) is 22.0. The Kier molecular flexibility index (Phi) is 4.04. The number of aromatic nitrogens is 2. The van der Waals surface area contributed by atoms with Gasteiger partial charge in [-0.15, -0.1) is 0 Å². The van der Waals surface area contributed by atoms with Gasteiger partial charge >= 0.3 is 0 Å². The number of aryl methyl sites for hydroxylation is 2. The lowest BCUT2D eigenvalue weighted by atomic mass is 10.2. The Bertz CT molecular complexity index is 394. The Hall–Kier alpha value is -0.620. The second-order valence-corrected chi connectivity index (χ2v) is 4.76. The standard InChI is InChI=1S/C11H18ClN3O2/c1-8-11(12)10(14(2)13-8)6-15-3-4-17-9(5-15)7-16/h9,16H,3-7H2,1-2H3. The number of morpholine rings is 1. The number of hydrogen-bond donors (Lipinski definition) is 1. The average molecular weight is 260 g/mol. The number of hydrogen-bond acceptors (Lipinski definition) is 4. The van der Waals surface area contributed by atoms with Crippen molar-refractivity contribution in [3.8, 4) is 0 Å². The van der Waals surface area contributed by atoms with Crippen LogP contribution >= 0.6 is 11.6 Å². The van der Waals surface area contributed by atoms with Gasteiger partial charge in [-0.05, 0) is 6.92 Å². The summed E-state index contributed by atoms with van der Waals surface area (Å²) in [6, 6.07) is 0. The minimum atomic E-state index is -0.0863. The molecular formula is C11H18ClN3O2. The van der Waals surface area contributed by atoms with Gasteiger partial charge in [0.1, 0.15) is 0 Å². The maximum absolute atomic E-state index is 9.09. The minimum Gasteiger partial charge on any atom is -0.394 e. The summed E-state index contributed by atoms with van der Waals surface area (Å²) < 4.78 is 7.23. The molecule has 0 radical (unpaired) electrons. The zero-order valence-corrected chi connectivity index (χ0v) is 10.9. The van der Waals surface area contributed by atoms with Gasteiger partial charge in [0.2, 0.25) is 0 Å².